The van der Waals surface area contributed by atoms with Crippen LogP contribution in [-0.4, -0.2) is 6.21 Å². The van der Waals surface area contributed by atoms with E-state index < -0.39 is 0 Å². The van der Waals surface area contributed by atoms with E-state index in [4.69, 9.17) is 11.6 Å². The molecule has 1 rings (SSSR count). The van der Waals surface area contributed by atoms with Gasteiger partial charge in [-0.15, -0.1) is 0 Å². The Labute approximate surface area is 65.7 Å². The first kappa shape index (κ1) is 7.60. The fourth-order valence-corrected chi connectivity index (χ4v) is 0.886. The van der Waals surface area contributed by atoms with Gasteiger partial charge in [0, 0.05) is 11.3 Å². The van der Waals surface area contributed by atoms with Gasteiger partial charge in [0.1, 0.15) is 0 Å². The van der Waals surface area contributed by atoms with Crippen molar-refractivity contribution in [1.82, 2.24) is 0 Å². The van der Waals surface area contributed by atoms with Gasteiger partial charge >= 0.3 is 0 Å². The number of nitrogen functional groups attached to an aromatic ring is 1. The first-order chi connectivity index (χ1) is 5.24. The van der Waals surface area contributed by atoms with Crippen LogP contribution in [0.5, 0.6) is 0 Å². The lowest BCUT2D eigenvalue weighted by Crippen LogP contribution is -1.95. The molecule has 1 aromatic rings. The molecule has 0 saturated carbocycles. The molecular formula is C8H11N3. The summed E-state index contributed by atoms with van der Waals surface area (Å²) in [4.78, 5) is 0. The molecule has 0 saturated heterocycles. The van der Waals surface area contributed by atoms with Gasteiger partial charge < -0.3 is 11.6 Å². The van der Waals surface area contributed by atoms with Crippen molar-refractivity contribution in [1.29, 1.82) is 0 Å². The van der Waals surface area contributed by atoms with Gasteiger partial charge in [-0.25, -0.2) is 0 Å². The molecule has 0 bridgehead atoms. The van der Waals surface area contributed by atoms with Crippen LogP contribution in [0.4, 0.5) is 5.69 Å². The molecule has 58 valence electrons. The third kappa shape index (κ3) is 1.70. The molecule has 0 aliphatic heterocycles. The van der Waals surface area contributed by atoms with E-state index in [2.05, 4.69) is 5.10 Å². The maximum Gasteiger partial charge on any atom is 0.0558 e. The van der Waals surface area contributed by atoms with Crippen LogP contribution in [0.25, 0.3) is 0 Å². The highest BCUT2D eigenvalue weighted by Crippen LogP contribution is 2.10. The highest BCUT2D eigenvalue weighted by Gasteiger charge is 1.94. The first-order valence-corrected chi connectivity index (χ1v) is 3.33. The number of hydrazone groups is 1. The van der Waals surface area contributed by atoms with Gasteiger partial charge in [-0.05, 0) is 19.1 Å². The summed E-state index contributed by atoms with van der Waals surface area (Å²) in [6.07, 6.45) is 1.54. The zero-order chi connectivity index (χ0) is 8.27. The molecule has 3 nitrogen and oxygen atoms in total. The van der Waals surface area contributed by atoms with Crippen molar-refractivity contribution in [3.8, 4) is 0 Å². The molecule has 0 heterocycles. The number of hydrogen-bond donors (Lipinski definition) is 2. The summed E-state index contributed by atoms with van der Waals surface area (Å²) in [5, 5.41) is 3.40. The monoisotopic (exact) mass is 149 g/mol. The van der Waals surface area contributed by atoms with Crippen molar-refractivity contribution in [3.05, 3.63) is 29.3 Å². The maximum atomic E-state index is 5.63. The SMILES string of the molecule is Cc1ccc(N)c(/C=N/N)c1. The zero-order valence-corrected chi connectivity index (χ0v) is 6.41. The summed E-state index contributed by atoms with van der Waals surface area (Å²) < 4.78 is 0. The Morgan fingerprint density at radius 2 is 2.18 bits per heavy atom. The summed E-state index contributed by atoms with van der Waals surface area (Å²) in [5.74, 6) is 4.99. The zero-order valence-electron chi connectivity index (χ0n) is 6.41. The second-order valence-corrected chi connectivity index (χ2v) is 2.41. The van der Waals surface area contributed by atoms with Gasteiger partial charge in [-0.3, -0.25) is 0 Å². The Morgan fingerprint density at radius 3 is 2.82 bits per heavy atom. The molecule has 11 heavy (non-hydrogen) atoms. The molecule has 3 heteroatoms. The third-order valence-electron chi connectivity index (χ3n) is 1.46. The van der Waals surface area contributed by atoms with E-state index in [9.17, 15) is 0 Å². The van der Waals surface area contributed by atoms with Crippen molar-refractivity contribution in [2.45, 2.75) is 6.92 Å². The molecule has 0 spiro atoms. The average molecular weight is 149 g/mol. The number of nitrogens with two attached hydrogens (primary N) is 2. The van der Waals surface area contributed by atoms with Gasteiger partial charge in [0.25, 0.3) is 0 Å². The standard InChI is InChI=1S/C8H11N3/c1-6-2-3-8(9)7(4-6)5-11-10/h2-5H,9-10H2,1H3/b11-5+. The minimum absolute atomic E-state index is 0.699. The molecule has 0 radical (unpaired) electrons. The van der Waals surface area contributed by atoms with Crippen molar-refractivity contribution in [2.24, 2.45) is 10.9 Å². The molecule has 0 atom stereocenters. The van der Waals surface area contributed by atoms with Crippen LogP contribution >= 0.6 is 0 Å². The largest absolute Gasteiger partial charge is 0.398 e. The van der Waals surface area contributed by atoms with Crippen molar-refractivity contribution in [3.63, 3.8) is 0 Å². The molecule has 4 N–H and O–H groups in total. The predicted octanol–water partition coefficient (Wildman–Crippen LogP) is 0.870. The fourth-order valence-electron chi connectivity index (χ4n) is 0.886. The number of benzene rings is 1. The molecule has 0 aromatic heterocycles. The number of aryl methyl sites for hydroxylation is 1. The van der Waals surface area contributed by atoms with Crippen LogP contribution in [0.3, 0.4) is 0 Å². The number of rotatable bonds is 1. The van der Waals surface area contributed by atoms with Crippen molar-refractivity contribution >= 4 is 11.9 Å². The van der Waals surface area contributed by atoms with Crippen LogP contribution in [0.1, 0.15) is 11.1 Å². The second kappa shape index (κ2) is 3.05. The molecule has 0 aliphatic carbocycles. The Morgan fingerprint density at radius 1 is 1.45 bits per heavy atom. The van der Waals surface area contributed by atoms with E-state index in [1.807, 2.05) is 25.1 Å². The average Bonchev–Trinajstić information content (AvgIpc) is 1.98. The summed E-state index contributed by atoms with van der Waals surface area (Å²) in [6, 6.07) is 5.72. The first-order valence-electron chi connectivity index (χ1n) is 3.33. The molecule has 0 amide bonds. The van der Waals surface area contributed by atoms with Gasteiger partial charge in [0.2, 0.25) is 0 Å². The highest BCUT2D eigenvalue weighted by atomic mass is 15.1. The number of nitrogens with zero attached hydrogens (tertiary/aromatic N) is 1. The minimum atomic E-state index is 0.699. The quantitative estimate of drug-likeness (QED) is 0.269. The van der Waals surface area contributed by atoms with E-state index in [0.29, 0.717) is 5.69 Å². The summed E-state index contributed by atoms with van der Waals surface area (Å²) >= 11 is 0. The molecule has 0 fully saturated rings. The van der Waals surface area contributed by atoms with Crippen LogP contribution in [0.2, 0.25) is 0 Å². The Hall–Kier alpha value is -1.51. The van der Waals surface area contributed by atoms with Crippen molar-refractivity contribution < 1.29 is 0 Å². The molecule has 0 unspecified atom stereocenters. The van der Waals surface area contributed by atoms with E-state index in [-0.39, 0.29) is 0 Å². The van der Waals surface area contributed by atoms with E-state index >= 15 is 0 Å². The van der Waals surface area contributed by atoms with E-state index in [1.165, 1.54) is 0 Å². The van der Waals surface area contributed by atoms with Crippen LogP contribution in [-0.2, 0) is 0 Å². The lowest BCUT2D eigenvalue weighted by Gasteiger charge is -1.99. The Balaban J connectivity index is 3.12. The minimum Gasteiger partial charge on any atom is -0.398 e. The van der Waals surface area contributed by atoms with Gasteiger partial charge in [0.05, 0.1) is 6.21 Å². The summed E-state index contributed by atoms with van der Waals surface area (Å²) in [5.41, 5.74) is 8.34. The topological polar surface area (TPSA) is 64.4 Å². The van der Waals surface area contributed by atoms with Crippen LogP contribution in [0.15, 0.2) is 23.3 Å². The molecule has 0 aliphatic rings. The molecular weight excluding hydrogens is 138 g/mol. The van der Waals surface area contributed by atoms with Gasteiger partial charge in [-0.1, -0.05) is 11.6 Å². The third-order valence-corrected chi connectivity index (χ3v) is 1.46. The van der Waals surface area contributed by atoms with Crippen LogP contribution < -0.4 is 11.6 Å². The lowest BCUT2D eigenvalue weighted by molar-refractivity contribution is 1.26. The highest BCUT2D eigenvalue weighted by molar-refractivity contribution is 5.86. The normalized spacial score (nSPS) is 10.6. The lowest BCUT2D eigenvalue weighted by atomic mass is 10.1. The smallest absolute Gasteiger partial charge is 0.0558 e. The predicted molar refractivity (Wildman–Crippen MR) is 47.4 cm³/mol. The summed E-state index contributed by atoms with van der Waals surface area (Å²) in [6.45, 7) is 1.99. The van der Waals surface area contributed by atoms with Crippen LogP contribution in [0, 0.1) is 6.92 Å². The Kier molecular flexibility index (Phi) is 2.11. The van der Waals surface area contributed by atoms with Gasteiger partial charge in [-0.2, -0.15) is 5.10 Å². The second-order valence-electron chi connectivity index (χ2n) is 2.41. The summed E-state index contributed by atoms with van der Waals surface area (Å²) in [7, 11) is 0. The number of hydrogen-bond acceptors (Lipinski definition) is 3. The fraction of sp³-hybridized carbons (Fsp3) is 0.125. The number of anilines is 1. The van der Waals surface area contributed by atoms with Gasteiger partial charge in [0.15, 0.2) is 0 Å². The Bertz CT molecular complexity index is 279. The molecule has 1 aromatic carbocycles. The van der Waals surface area contributed by atoms with E-state index in [1.54, 1.807) is 6.21 Å². The van der Waals surface area contributed by atoms with E-state index in [0.717, 1.165) is 11.1 Å². The maximum absolute atomic E-state index is 5.63. The van der Waals surface area contributed by atoms with Crippen molar-refractivity contribution in [2.75, 3.05) is 5.73 Å².